The molecule has 0 saturated heterocycles. The van der Waals surface area contributed by atoms with E-state index >= 15 is 0 Å². The topological polar surface area (TPSA) is 66.8 Å². The third-order valence-electron chi connectivity index (χ3n) is 4.18. The van der Waals surface area contributed by atoms with E-state index in [1.54, 1.807) is 0 Å². The van der Waals surface area contributed by atoms with Crippen LogP contribution in [0.1, 0.15) is 11.1 Å². The Kier molecular flexibility index (Phi) is 7.33. The zero-order chi connectivity index (χ0) is 28.2. The Morgan fingerprint density at radius 2 is 0.914 bits per heavy atom. The lowest BCUT2D eigenvalue weighted by Crippen LogP contribution is -2.55. The molecule has 35 heavy (non-hydrogen) atoms. The molecule has 1 aromatic rings. The standard InChI is InChI=1S/C16H7F15O4/c1-5(12(17,18)19)9(32)35-8-3-6(10(33,13(20,21)22)14(23,24)25)2-7(4-8)11(34,15(26,27)28)16(29,30)31/h2-4,33-34H,1H2. The third-order valence-corrected chi connectivity index (χ3v) is 4.18. The van der Waals surface area contributed by atoms with Crippen molar-refractivity contribution >= 4 is 5.97 Å². The summed E-state index contributed by atoms with van der Waals surface area (Å²) in [6.07, 6.45) is -33.4. The van der Waals surface area contributed by atoms with Gasteiger partial charge in [-0.25, -0.2) is 4.79 Å². The number of hydrogen-bond donors (Lipinski definition) is 2. The van der Waals surface area contributed by atoms with Gasteiger partial charge in [-0.15, -0.1) is 0 Å². The molecule has 0 amide bonds. The van der Waals surface area contributed by atoms with Crippen molar-refractivity contribution in [1.82, 2.24) is 0 Å². The number of esters is 1. The number of aliphatic hydroxyl groups is 2. The van der Waals surface area contributed by atoms with Crippen LogP contribution >= 0.6 is 0 Å². The SMILES string of the molecule is C=C(C(=O)Oc1cc(C(O)(C(F)(F)F)C(F)(F)F)cc(C(O)(C(F)(F)F)C(F)(F)F)c1)C(F)(F)F. The van der Waals surface area contributed by atoms with Crippen molar-refractivity contribution in [2.45, 2.75) is 42.1 Å². The van der Waals surface area contributed by atoms with Crippen molar-refractivity contribution in [3.63, 3.8) is 0 Å². The lowest BCUT2D eigenvalue weighted by Gasteiger charge is -2.36. The highest BCUT2D eigenvalue weighted by Crippen LogP contribution is 2.54. The predicted octanol–water partition coefficient (Wildman–Crippen LogP) is 5.33. The molecule has 200 valence electrons. The van der Waals surface area contributed by atoms with Crippen LogP contribution in [0, 0.1) is 0 Å². The molecule has 19 heteroatoms. The summed E-state index contributed by atoms with van der Waals surface area (Å²) in [7, 11) is 0. The summed E-state index contributed by atoms with van der Waals surface area (Å²) in [6.45, 7) is 2.10. The highest BCUT2D eigenvalue weighted by atomic mass is 19.4. The van der Waals surface area contributed by atoms with Crippen molar-refractivity contribution < 1.29 is 85.6 Å². The van der Waals surface area contributed by atoms with Gasteiger partial charge < -0.3 is 14.9 Å². The first-order chi connectivity index (χ1) is 15.1. The van der Waals surface area contributed by atoms with E-state index in [-0.39, 0.29) is 0 Å². The Morgan fingerprint density at radius 1 is 0.629 bits per heavy atom. The lowest BCUT2D eigenvalue weighted by molar-refractivity contribution is -0.378. The van der Waals surface area contributed by atoms with E-state index in [2.05, 4.69) is 11.3 Å². The number of carbonyl (C=O) groups excluding carboxylic acids is 1. The Bertz CT molecular complexity index is 895. The number of carbonyl (C=O) groups is 1. The molecule has 0 saturated carbocycles. The van der Waals surface area contributed by atoms with Crippen LogP contribution in [0.2, 0.25) is 0 Å². The van der Waals surface area contributed by atoms with Crippen LogP contribution in [0.5, 0.6) is 5.75 Å². The van der Waals surface area contributed by atoms with Crippen LogP contribution < -0.4 is 4.74 Å². The first-order valence-electron chi connectivity index (χ1n) is 7.98. The molecule has 0 atom stereocenters. The van der Waals surface area contributed by atoms with Gasteiger partial charge in [-0.05, 0) is 18.2 Å². The van der Waals surface area contributed by atoms with Crippen LogP contribution in [0.4, 0.5) is 65.9 Å². The maximum atomic E-state index is 13.1. The normalized spacial score (nSPS) is 14.7. The molecule has 0 aliphatic rings. The quantitative estimate of drug-likeness (QED) is 0.231. The summed E-state index contributed by atoms with van der Waals surface area (Å²) >= 11 is 0. The fourth-order valence-corrected chi connectivity index (χ4v) is 2.34. The van der Waals surface area contributed by atoms with Gasteiger partial charge in [-0.2, -0.15) is 65.9 Å². The van der Waals surface area contributed by atoms with E-state index in [1.807, 2.05) is 0 Å². The first-order valence-corrected chi connectivity index (χ1v) is 7.98. The molecule has 0 aliphatic carbocycles. The summed E-state index contributed by atoms with van der Waals surface area (Å²) in [5.74, 6) is -4.99. The van der Waals surface area contributed by atoms with Crippen molar-refractivity contribution in [2.24, 2.45) is 0 Å². The van der Waals surface area contributed by atoms with Crippen LogP contribution in [0.15, 0.2) is 30.4 Å². The van der Waals surface area contributed by atoms with Gasteiger partial charge in [0.25, 0.3) is 11.2 Å². The summed E-state index contributed by atoms with van der Waals surface area (Å²) in [6, 6.07) is -2.82. The van der Waals surface area contributed by atoms with E-state index < -0.39 is 88.7 Å². The molecule has 0 fully saturated rings. The Labute approximate surface area is 182 Å². The van der Waals surface area contributed by atoms with Gasteiger partial charge >= 0.3 is 36.9 Å². The molecule has 0 unspecified atom stereocenters. The second-order valence-electron chi connectivity index (χ2n) is 6.52. The minimum atomic E-state index is -6.92. The molecule has 1 aromatic carbocycles. The predicted molar refractivity (Wildman–Crippen MR) is 79.3 cm³/mol. The molecule has 0 bridgehead atoms. The molecule has 2 N–H and O–H groups in total. The van der Waals surface area contributed by atoms with E-state index in [1.165, 1.54) is 0 Å². The highest BCUT2D eigenvalue weighted by Gasteiger charge is 2.74. The summed E-state index contributed by atoms with van der Waals surface area (Å²) in [5.41, 5.74) is -20.9. The third kappa shape index (κ3) is 5.29. The number of ether oxygens (including phenoxy) is 1. The first kappa shape index (κ1) is 30.3. The Morgan fingerprint density at radius 3 is 1.14 bits per heavy atom. The summed E-state index contributed by atoms with van der Waals surface area (Å²) in [5, 5.41) is 18.6. The smallest absolute Gasteiger partial charge is 0.423 e. The minimum absolute atomic E-state index is 0.806. The van der Waals surface area contributed by atoms with Gasteiger partial charge in [-0.3, -0.25) is 0 Å². The second kappa shape index (κ2) is 8.45. The number of hydrogen-bond acceptors (Lipinski definition) is 4. The molecule has 0 spiro atoms. The van der Waals surface area contributed by atoms with Crippen LogP contribution in [0.3, 0.4) is 0 Å². The number of halogens is 15. The van der Waals surface area contributed by atoms with Gasteiger partial charge in [0.2, 0.25) is 0 Å². The molecule has 1 rings (SSSR count). The van der Waals surface area contributed by atoms with Crippen molar-refractivity contribution in [3.8, 4) is 5.75 Å². The monoisotopic (exact) mass is 548 g/mol. The number of alkyl halides is 15. The number of rotatable bonds is 4. The highest BCUT2D eigenvalue weighted by molar-refractivity contribution is 5.90. The molecular formula is C16H7F15O4. The maximum absolute atomic E-state index is 13.1. The summed E-state index contributed by atoms with van der Waals surface area (Å²) < 4.78 is 199. The van der Waals surface area contributed by atoms with Gasteiger partial charge in [0.05, 0.1) is 0 Å². The average molecular weight is 548 g/mol. The van der Waals surface area contributed by atoms with E-state index in [4.69, 9.17) is 0 Å². The van der Waals surface area contributed by atoms with Gasteiger partial charge in [-0.1, -0.05) is 6.58 Å². The van der Waals surface area contributed by atoms with E-state index in [9.17, 15) is 80.9 Å². The van der Waals surface area contributed by atoms with Gasteiger partial charge in [0, 0.05) is 11.1 Å². The summed E-state index contributed by atoms with van der Waals surface area (Å²) in [4.78, 5) is 11.4. The Hall–Kier alpha value is -2.70. The van der Waals surface area contributed by atoms with Crippen molar-refractivity contribution in [3.05, 3.63) is 41.5 Å². The van der Waals surface area contributed by atoms with Crippen LogP contribution in [0.25, 0.3) is 0 Å². The van der Waals surface area contributed by atoms with Crippen molar-refractivity contribution in [1.29, 1.82) is 0 Å². The van der Waals surface area contributed by atoms with E-state index in [0.29, 0.717) is 0 Å². The minimum Gasteiger partial charge on any atom is -0.423 e. The Balaban J connectivity index is 4.10. The molecule has 4 nitrogen and oxygen atoms in total. The van der Waals surface area contributed by atoms with Crippen LogP contribution in [-0.4, -0.2) is 47.1 Å². The zero-order valence-corrected chi connectivity index (χ0v) is 15.8. The molecular weight excluding hydrogens is 541 g/mol. The molecule has 0 heterocycles. The maximum Gasteiger partial charge on any atom is 0.430 e. The molecule has 0 aromatic heterocycles. The van der Waals surface area contributed by atoms with E-state index in [0.717, 1.165) is 0 Å². The van der Waals surface area contributed by atoms with Crippen molar-refractivity contribution in [2.75, 3.05) is 0 Å². The second-order valence-corrected chi connectivity index (χ2v) is 6.52. The van der Waals surface area contributed by atoms with Gasteiger partial charge in [0.15, 0.2) is 0 Å². The molecule has 0 radical (unpaired) electrons. The lowest BCUT2D eigenvalue weighted by atomic mass is 9.85. The zero-order valence-electron chi connectivity index (χ0n) is 15.8. The largest absolute Gasteiger partial charge is 0.430 e. The molecule has 0 aliphatic heterocycles. The fraction of sp³-hybridized carbons (Fsp3) is 0.438. The number of benzene rings is 1. The average Bonchev–Trinajstić information content (AvgIpc) is 2.61. The fourth-order valence-electron chi connectivity index (χ4n) is 2.34. The van der Waals surface area contributed by atoms with Crippen LogP contribution in [-0.2, 0) is 16.0 Å². The van der Waals surface area contributed by atoms with Gasteiger partial charge in [0.1, 0.15) is 11.3 Å².